The number of alkyl carbamates (subject to hydrolysis) is 1. The average Bonchev–Trinajstić information content (AvgIpc) is 2.56. The third-order valence-electron chi connectivity index (χ3n) is 3.54. The summed E-state index contributed by atoms with van der Waals surface area (Å²) in [7, 11) is -3.69. The molecule has 0 heterocycles. The van der Waals surface area contributed by atoms with Crippen LogP contribution in [0.5, 0.6) is 0 Å². The second-order valence-electron chi connectivity index (χ2n) is 8.10. The number of amides is 2. The summed E-state index contributed by atoms with van der Waals surface area (Å²) in [5.41, 5.74) is 0.154. The average molecular weight is 445 g/mol. The van der Waals surface area contributed by atoms with Gasteiger partial charge in [-0.05, 0) is 40.2 Å². The first-order valence-corrected chi connectivity index (χ1v) is 11.4. The van der Waals surface area contributed by atoms with Gasteiger partial charge in [-0.2, -0.15) is 8.42 Å². The molecule has 9 nitrogen and oxygen atoms in total. The number of hydrogen-bond acceptors (Lipinski definition) is 7. The number of carbonyl (C=O) groups is 2. The molecule has 0 radical (unpaired) electrons. The van der Waals surface area contributed by atoms with E-state index in [9.17, 15) is 18.0 Å². The van der Waals surface area contributed by atoms with E-state index in [2.05, 4.69) is 5.32 Å². The Morgan fingerprint density at radius 1 is 1.10 bits per heavy atom. The van der Waals surface area contributed by atoms with Crippen molar-refractivity contribution >= 4 is 22.3 Å². The first kappa shape index (κ1) is 25.7. The highest BCUT2D eigenvalue weighted by Crippen LogP contribution is 2.09. The van der Waals surface area contributed by atoms with Gasteiger partial charge in [-0.3, -0.25) is 4.18 Å². The molecule has 2 amide bonds. The second kappa shape index (κ2) is 11.2. The number of hydrogen-bond donors (Lipinski definition) is 1. The maximum absolute atomic E-state index is 12.6. The second-order valence-corrected chi connectivity index (χ2v) is 9.70. The zero-order valence-electron chi connectivity index (χ0n) is 18.4. The smallest absolute Gasteiger partial charge is 0.410 e. The van der Waals surface area contributed by atoms with E-state index in [0.29, 0.717) is 0 Å². The predicted octanol–water partition coefficient (Wildman–Crippen LogP) is 2.90. The molecule has 0 fully saturated rings. The lowest BCUT2D eigenvalue weighted by molar-refractivity contribution is 0.0474. The van der Waals surface area contributed by atoms with Crippen LogP contribution >= 0.6 is 0 Å². The summed E-state index contributed by atoms with van der Waals surface area (Å²) in [5, 5.41) is 2.65. The highest BCUT2D eigenvalue weighted by atomic mass is 32.2. The van der Waals surface area contributed by atoms with Crippen LogP contribution in [0.1, 0.15) is 40.2 Å². The highest BCUT2D eigenvalue weighted by molar-refractivity contribution is 7.86. The molecule has 2 atom stereocenters. The van der Waals surface area contributed by atoms with E-state index in [1.54, 1.807) is 27.7 Å². The quantitative estimate of drug-likeness (QED) is 0.583. The molecule has 1 aromatic rings. The van der Waals surface area contributed by atoms with Crippen LogP contribution in [0.4, 0.5) is 9.59 Å². The molecular formula is C20H32N2O7S. The summed E-state index contributed by atoms with van der Waals surface area (Å²) in [6.07, 6.45) is -1.12. The number of carbonyl (C=O) groups excluding carboxylic acids is 2. The Labute approximate surface area is 178 Å². The third kappa shape index (κ3) is 11.6. The molecule has 0 saturated carbocycles. The lowest BCUT2D eigenvalue weighted by atomic mass is 10.2. The SMILES string of the molecule is CC(CN(C[C@H](C)NC(=O)OC(C)(C)C)C(=O)OCc1ccccc1)OS(C)(=O)=O. The van der Waals surface area contributed by atoms with Crippen molar-refractivity contribution in [2.75, 3.05) is 19.3 Å². The van der Waals surface area contributed by atoms with Crippen molar-refractivity contribution in [3.8, 4) is 0 Å². The Morgan fingerprint density at radius 3 is 2.23 bits per heavy atom. The first-order valence-electron chi connectivity index (χ1n) is 9.58. The summed E-state index contributed by atoms with van der Waals surface area (Å²) in [6.45, 7) is 8.56. The minimum Gasteiger partial charge on any atom is -0.445 e. The molecule has 0 spiro atoms. The zero-order chi connectivity index (χ0) is 22.9. The Hall–Kier alpha value is -2.33. The normalized spacial score (nSPS) is 13.8. The van der Waals surface area contributed by atoms with Crippen LogP contribution in [0.2, 0.25) is 0 Å². The first-order chi connectivity index (χ1) is 13.7. The summed E-state index contributed by atoms with van der Waals surface area (Å²) in [4.78, 5) is 25.9. The van der Waals surface area contributed by atoms with Gasteiger partial charge in [0.2, 0.25) is 0 Å². The maximum Gasteiger partial charge on any atom is 0.410 e. The van der Waals surface area contributed by atoms with E-state index < -0.39 is 40.1 Å². The molecule has 30 heavy (non-hydrogen) atoms. The monoisotopic (exact) mass is 444 g/mol. The maximum atomic E-state index is 12.6. The molecule has 10 heteroatoms. The number of benzene rings is 1. The van der Waals surface area contributed by atoms with E-state index >= 15 is 0 Å². The van der Waals surface area contributed by atoms with Crippen molar-refractivity contribution in [3.63, 3.8) is 0 Å². The van der Waals surface area contributed by atoms with Crippen LogP contribution in [0.15, 0.2) is 30.3 Å². The van der Waals surface area contributed by atoms with Crippen molar-refractivity contribution in [2.45, 2.75) is 59.0 Å². The van der Waals surface area contributed by atoms with Crippen molar-refractivity contribution < 1.29 is 31.7 Å². The van der Waals surface area contributed by atoms with Crippen LogP contribution in [-0.4, -0.2) is 62.6 Å². The number of nitrogens with zero attached hydrogens (tertiary/aromatic N) is 1. The number of nitrogens with one attached hydrogen (secondary N) is 1. The molecule has 0 bridgehead atoms. The molecule has 1 aromatic carbocycles. The molecular weight excluding hydrogens is 412 g/mol. The number of ether oxygens (including phenoxy) is 2. The molecule has 1 rings (SSSR count). The summed E-state index contributed by atoms with van der Waals surface area (Å²) >= 11 is 0. The fraction of sp³-hybridized carbons (Fsp3) is 0.600. The fourth-order valence-electron chi connectivity index (χ4n) is 2.56. The van der Waals surface area contributed by atoms with E-state index in [4.69, 9.17) is 13.7 Å². The molecule has 1 unspecified atom stereocenters. The van der Waals surface area contributed by atoms with E-state index in [0.717, 1.165) is 11.8 Å². The van der Waals surface area contributed by atoms with Crippen molar-refractivity contribution in [1.82, 2.24) is 10.2 Å². The Bertz CT molecular complexity index is 791. The van der Waals surface area contributed by atoms with Crippen LogP contribution in [0.3, 0.4) is 0 Å². The molecule has 0 aliphatic heterocycles. The largest absolute Gasteiger partial charge is 0.445 e. The fourth-order valence-corrected chi connectivity index (χ4v) is 3.22. The molecule has 1 N–H and O–H groups in total. The Balaban J connectivity index is 2.77. The molecule has 0 aliphatic rings. The standard InChI is InChI=1S/C20H32N2O7S/c1-15(21-18(23)28-20(3,4)5)12-22(13-16(2)29-30(6,25)26)19(24)27-14-17-10-8-7-9-11-17/h7-11,15-16H,12-14H2,1-6H3,(H,21,23)/t15-,16?/m0/s1. The molecule has 0 saturated heterocycles. The summed E-state index contributed by atoms with van der Waals surface area (Å²) in [5.74, 6) is 0. The van der Waals surface area contributed by atoms with Gasteiger partial charge < -0.3 is 19.7 Å². The Morgan fingerprint density at radius 2 is 1.70 bits per heavy atom. The van der Waals surface area contributed by atoms with Crippen molar-refractivity contribution in [2.24, 2.45) is 0 Å². The van der Waals surface area contributed by atoms with Crippen molar-refractivity contribution in [1.29, 1.82) is 0 Å². The summed E-state index contributed by atoms with van der Waals surface area (Å²) < 4.78 is 38.2. The van der Waals surface area contributed by atoms with Gasteiger partial charge >= 0.3 is 12.2 Å². The van der Waals surface area contributed by atoms with Gasteiger partial charge in [0.25, 0.3) is 10.1 Å². The third-order valence-corrected chi connectivity index (χ3v) is 4.22. The van der Waals surface area contributed by atoms with Gasteiger partial charge in [0.05, 0.1) is 18.9 Å². The van der Waals surface area contributed by atoms with Gasteiger partial charge in [-0.1, -0.05) is 30.3 Å². The van der Waals surface area contributed by atoms with E-state index in [-0.39, 0.29) is 19.7 Å². The van der Waals surface area contributed by atoms with Gasteiger partial charge in [0, 0.05) is 12.6 Å². The van der Waals surface area contributed by atoms with Crippen LogP contribution in [0.25, 0.3) is 0 Å². The van der Waals surface area contributed by atoms with Gasteiger partial charge in [-0.25, -0.2) is 9.59 Å². The van der Waals surface area contributed by atoms with Crippen molar-refractivity contribution in [3.05, 3.63) is 35.9 Å². The van der Waals surface area contributed by atoms with Gasteiger partial charge in [0.15, 0.2) is 0 Å². The lowest BCUT2D eigenvalue weighted by Gasteiger charge is -2.28. The van der Waals surface area contributed by atoms with Gasteiger partial charge in [-0.15, -0.1) is 0 Å². The highest BCUT2D eigenvalue weighted by Gasteiger charge is 2.24. The molecule has 170 valence electrons. The minimum atomic E-state index is -3.69. The van der Waals surface area contributed by atoms with Gasteiger partial charge in [0.1, 0.15) is 12.2 Å². The van der Waals surface area contributed by atoms with Crippen LogP contribution < -0.4 is 5.32 Å². The molecule has 0 aromatic heterocycles. The van der Waals surface area contributed by atoms with Crippen LogP contribution in [0, 0.1) is 0 Å². The topological polar surface area (TPSA) is 111 Å². The Kier molecular flexibility index (Phi) is 9.57. The number of rotatable bonds is 9. The minimum absolute atomic E-state index is 0.0406. The van der Waals surface area contributed by atoms with E-state index in [1.807, 2.05) is 30.3 Å². The molecule has 0 aliphatic carbocycles. The lowest BCUT2D eigenvalue weighted by Crippen LogP contribution is -2.48. The van der Waals surface area contributed by atoms with Crippen LogP contribution in [-0.2, 0) is 30.4 Å². The zero-order valence-corrected chi connectivity index (χ0v) is 19.2. The predicted molar refractivity (Wildman–Crippen MR) is 112 cm³/mol. The van der Waals surface area contributed by atoms with E-state index in [1.165, 1.54) is 11.8 Å². The summed E-state index contributed by atoms with van der Waals surface area (Å²) in [6, 6.07) is 8.67.